The molecule has 0 unspecified atom stereocenters. The molecule has 0 radical (unpaired) electrons. The number of hydrogen-bond acceptors (Lipinski definition) is 7. The second kappa shape index (κ2) is 8.22. The number of esters is 1. The van der Waals surface area contributed by atoms with Gasteiger partial charge < -0.3 is 10.1 Å². The molecule has 1 aliphatic carbocycles. The molecule has 0 aromatic heterocycles. The van der Waals surface area contributed by atoms with Crippen molar-refractivity contribution in [2.45, 2.75) is 30.2 Å². The van der Waals surface area contributed by atoms with Crippen molar-refractivity contribution < 1.29 is 24.2 Å². The van der Waals surface area contributed by atoms with E-state index in [0.717, 1.165) is 0 Å². The Morgan fingerprint density at radius 1 is 1.18 bits per heavy atom. The van der Waals surface area contributed by atoms with E-state index in [4.69, 9.17) is 4.74 Å². The van der Waals surface area contributed by atoms with Crippen LogP contribution in [0.5, 0.6) is 0 Å². The molecule has 2 aromatic carbocycles. The summed E-state index contributed by atoms with van der Waals surface area (Å²) in [7, 11) is 0. The topological polar surface area (TPSA) is 142 Å². The van der Waals surface area contributed by atoms with Crippen molar-refractivity contribution in [2.24, 2.45) is 5.92 Å². The zero-order chi connectivity index (χ0) is 24.0. The molecular formula is C22H20BrN3O7. The van der Waals surface area contributed by atoms with Crippen LogP contribution >= 0.6 is 15.9 Å². The quantitative estimate of drug-likeness (QED) is 0.351. The predicted octanol–water partition coefficient (Wildman–Crippen LogP) is 3.30. The molecule has 0 bridgehead atoms. The third-order valence-electron chi connectivity index (χ3n) is 6.66. The number of anilines is 1. The van der Waals surface area contributed by atoms with Crippen molar-refractivity contribution in [1.29, 1.82) is 0 Å². The van der Waals surface area contributed by atoms with Gasteiger partial charge in [-0.1, -0.05) is 46.3 Å². The Morgan fingerprint density at radius 3 is 2.45 bits per heavy atom. The minimum Gasteiger partial charge on any atom is -0.461 e. The zero-order valence-electron chi connectivity index (χ0n) is 17.5. The Morgan fingerprint density at radius 2 is 1.85 bits per heavy atom. The number of halogens is 1. The van der Waals surface area contributed by atoms with Crippen molar-refractivity contribution in [2.75, 3.05) is 18.5 Å². The zero-order valence-corrected chi connectivity index (χ0v) is 19.1. The third-order valence-corrected chi connectivity index (χ3v) is 7.19. The van der Waals surface area contributed by atoms with Gasteiger partial charge in [-0.25, -0.2) is 4.79 Å². The number of ether oxygens (including phenoxy) is 1. The Balaban J connectivity index is 2.09. The maximum Gasteiger partial charge on any atom is 0.386 e. The second-order valence-electron chi connectivity index (χ2n) is 8.17. The number of carbonyl (C=O) groups excluding carboxylic acids is 2. The van der Waals surface area contributed by atoms with Crippen molar-refractivity contribution in [3.8, 4) is 0 Å². The summed E-state index contributed by atoms with van der Waals surface area (Å²) in [6.07, 6.45) is -0.253. The van der Waals surface area contributed by atoms with Crippen LogP contribution in [0.25, 0.3) is 0 Å². The Hall–Kier alpha value is -3.34. The van der Waals surface area contributed by atoms with Gasteiger partial charge in [-0.2, -0.15) is 0 Å². The van der Waals surface area contributed by atoms with Crippen LogP contribution in [-0.2, 0) is 19.7 Å². The van der Waals surface area contributed by atoms with Crippen LogP contribution in [0.1, 0.15) is 30.4 Å². The highest BCUT2D eigenvalue weighted by Gasteiger charge is 2.80. The summed E-state index contributed by atoms with van der Waals surface area (Å²) in [6, 6.07) is 13.2. The van der Waals surface area contributed by atoms with E-state index in [9.17, 15) is 29.8 Å². The van der Waals surface area contributed by atoms with E-state index >= 15 is 0 Å². The molecule has 1 aliphatic heterocycles. The summed E-state index contributed by atoms with van der Waals surface area (Å²) in [5.41, 5.74) is -2.81. The molecule has 1 saturated carbocycles. The molecule has 4 rings (SSSR count). The van der Waals surface area contributed by atoms with E-state index in [0.29, 0.717) is 21.3 Å². The van der Waals surface area contributed by atoms with Gasteiger partial charge in [0.15, 0.2) is 0 Å². The van der Waals surface area contributed by atoms with Gasteiger partial charge in [-0.05, 0) is 42.7 Å². The first-order chi connectivity index (χ1) is 15.7. The lowest BCUT2D eigenvalue weighted by atomic mass is 9.66. The maximum atomic E-state index is 13.6. The Labute approximate surface area is 196 Å². The van der Waals surface area contributed by atoms with Crippen molar-refractivity contribution in [3.05, 3.63) is 84.4 Å². The normalized spacial score (nSPS) is 27.8. The minimum atomic E-state index is -2.54. The molecule has 1 spiro atoms. The SMILES string of the molecule is CCOC(=O)[C@]1([N+](=O)[O-])[C@@H](C[N+](=O)[O-])C[C@]2(C(=O)Nc3ccccc32)[C@@H]1c1ccc(Br)cc1. The van der Waals surface area contributed by atoms with Crippen molar-refractivity contribution >= 4 is 33.5 Å². The van der Waals surface area contributed by atoms with Gasteiger partial charge >= 0.3 is 11.5 Å². The molecule has 11 heteroatoms. The monoisotopic (exact) mass is 517 g/mol. The van der Waals surface area contributed by atoms with E-state index in [1.807, 2.05) is 0 Å². The van der Waals surface area contributed by atoms with Crippen LogP contribution in [0.4, 0.5) is 5.69 Å². The number of rotatable bonds is 6. The number of amides is 1. The number of benzene rings is 2. The Bertz CT molecular complexity index is 1150. The molecular weight excluding hydrogens is 498 g/mol. The van der Waals surface area contributed by atoms with E-state index in [-0.39, 0.29) is 13.0 Å². The molecule has 1 fully saturated rings. The van der Waals surface area contributed by atoms with Crippen LogP contribution in [0.15, 0.2) is 53.0 Å². The van der Waals surface area contributed by atoms with E-state index < -0.39 is 51.1 Å². The number of fused-ring (bicyclic) bond motifs is 2. The fourth-order valence-electron chi connectivity index (χ4n) is 5.54. The summed E-state index contributed by atoms with van der Waals surface area (Å²) < 4.78 is 5.85. The molecule has 2 aliphatic rings. The first-order valence-corrected chi connectivity index (χ1v) is 11.1. The van der Waals surface area contributed by atoms with Gasteiger partial charge in [0.05, 0.1) is 17.9 Å². The predicted molar refractivity (Wildman–Crippen MR) is 120 cm³/mol. The van der Waals surface area contributed by atoms with E-state index in [2.05, 4.69) is 21.2 Å². The highest BCUT2D eigenvalue weighted by atomic mass is 79.9. The first kappa shape index (κ1) is 22.8. The molecule has 1 N–H and O–H groups in total. The molecule has 1 heterocycles. The summed E-state index contributed by atoms with van der Waals surface area (Å²) in [5.74, 6) is -4.42. The van der Waals surface area contributed by atoms with Crippen LogP contribution in [0.3, 0.4) is 0 Å². The number of nitro groups is 2. The summed E-state index contributed by atoms with van der Waals surface area (Å²) >= 11 is 3.33. The fourth-order valence-corrected chi connectivity index (χ4v) is 5.80. The van der Waals surface area contributed by atoms with Gasteiger partial charge in [0.2, 0.25) is 12.5 Å². The van der Waals surface area contributed by atoms with Gasteiger partial charge in [-0.15, -0.1) is 0 Å². The van der Waals surface area contributed by atoms with E-state index in [1.54, 1.807) is 48.5 Å². The number of hydrogen-bond donors (Lipinski definition) is 1. The van der Waals surface area contributed by atoms with Crippen LogP contribution in [-0.4, -0.2) is 40.4 Å². The van der Waals surface area contributed by atoms with Crippen molar-refractivity contribution in [3.63, 3.8) is 0 Å². The molecule has 172 valence electrons. The molecule has 1 amide bonds. The largest absolute Gasteiger partial charge is 0.461 e. The molecule has 10 nitrogen and oxygen atoms in total. The lowest BCUT2D eigenvalue weighted by Crippen LogP contribution is -2.58. The van der Waals surface area contributed by atoms with Crippen LogP contribution in [0, 0.1) is 26.1 Å². The number of para-hydroxylation sites is 1. The number of carbonyl (C=O) groups is 2. The summed E-state index contributed by atoms with van der Waals surface area (Å²) in [4.78, 5) is 49.9. The van der Waals surface area contributed by atoms with Crippen molar-refractivity contribution in [1.82, 2.24) is 0 Å². The first-order valence-electron chi connectivity index (χ1n) is 10.3. The number of nitrogens with zero attached hydrogens (tertiary/aromatic N) is 2. The maximum absolute atomic E-state index is 13.6. The van der Waals surface area contributed by atoms with Gasteiger partial charge in [0, 0.05) is 20.0 Å². The lowest BCUT2D eigenvalue weighted by molar-refractivity contribution is -0.582. The summed E-state index contributed by atoms with van der Waals surface area (Å²) in [6.45, 7) is 0.497. The average Bonchev–Trinajstić information content (AvgIpc) is 3.21. The molecule has 4 atom stereocenters. The fraction of sp³-hybridized carbons (Fsp3) is 0.364. The molecule has 33 heavy (non-hydrogen) atoms. The molecule has 0 saturated heterocycles. The van der Waals surface area contributed by atoms with Crippen LogP contribution in [0.2, 0.25) is 0 Å². The standard InChI is InChI=1S/C22H20BrN3O7/c1-2-33-20(28)22(26(31)32)14(12-25(29)30)11-21(18(22)13-7-9-15(23)10-8-13)16-5-3-4-6-17(16)24-19(21)27/h3-10,14,18H,2,11-12H2,1H3,(H,24,27)/t14-,18+,21-,22+/m1/s1. The second-order valence-corrected chi connectivity index (χ2v) is 9.09. The summed E-state index contributed by atoms with van der Waals surface area (Å²) in [5, 5.41) is 27.1. The highest BCUT2D eigenvalue weighted by molar-refractivity contribution is 9.10. The highest BCUT2D eigenvalue weighted by Crippen LogP contribution is 2.63. The smallest absolute Gasteiger partial charge is 0.386 e. The third kappa shape index (κ3) is 3.21. The Kier molecular flexibility index (Phi) is 5.69. The van der Waals surface area contributed by atoms with Gasteiger partial charge in [0.25, 0.3) is 0 Å². The minimum absolute atomic E-state index is 0.150. The van der Waals surface area contributed by atoms with Gasteiger partial charge in [0.1, 0.15) is 5.92 Å². The lowest BCUT2D eigenvalue weighted by Gasteiger charge is -2.34. The van der Waals surface area contributed by atoms with E-state index in [1.165, 1.54) is 6.92 Å². The van der Waals surface area contributed by atoms with Crippen LogP contribution < -0.4 is 5.32 Å². The number of nitrogens with one attached hydrogen (secondary N) is 1. The average molecular weight is 518 g/mol. The molecule has 2 aromatic rings. The van der Waals surface area contributed by atoms with Gasteiger partial charge in [-0.3, -0.25) is 25.0 Å².